The molecule has 0 aliphatic carbocycles. The van der Waals surface area contributed by atoms with Gasteiger partial charge in [-0.25, -0.2) is 0 Å². The number of rotatable bonds is 1. The number of aryl methyl sites for hydroxylation is 1. The number of fused-ring (bicyclic) bond motifs is 1. The van der Waals surface area contributed by atoms with Crippen LogP contribution in [-0.2, 0) is 6.42 Å². The van der Waals surface area contributed by atoms with Crippen molar-refractivity contribution in [2.45, 2.75) is 11.3 Å². The first-order valence-electron chi connectivity index (χ1n) is 3.83. The first kappa shape index (κ1) is 7.04. The molecule has 0 bridgehead atoms. The number of nitrogens with one attached hydrogen (secondary N) is 1. The van der Waals surface area contributed by atoms with Crippen LogP contribution in [0.15, 0.2) is 23.1 Å². The van der Waals surface area contributed by atoms with Gasteiger partial charge in [0.1, 0.15) is 0 Å². The van der Waals surface area contributed by atoms with E-state index < -0.39 is 0 Å². The topological polar surface area (TPSA) is 12.0 Å². The fraction of sp³-hybridized carbons (Fsp3) is 0.333. The van der Waals surface area contributed by atoms with Crippen molar-refractivity contribution in [2.75, 3.05) is 18.1 Å². The largest absolute Gasteiger partial charge is 0.388 e. The van der Waals surface area contributed by atoms with Gasteiger partial charge in [-0.1, -0.05) is 0 Å². The van der Waals surface area contributed by atoms with Crippen LogP contribution in [0.25, 0.3) is 0 Å². The smallest absolute Gasteiger partial charge is 0.0341 e. The quantitative estimate of drug-likeness (QED) is 0.685. The lowest BCUT2D eigenvalue weighted by molar-refractivity contribution is 1.15. The van der Waals surface area contributed by atoms with Gasteiger partial charge in [-0.2, -0.15) is 0 Å². The van der Waals surface area contributed by atoms with E-state index in [1.165, 1.54) is 28.3 Å². The minimum Gasteiger partial charge on any atom is -0.388 e. The maximum Gasteiger partial charge on any atom is 0.0341 e. The molecule has 0 spiro atoms. The lowest BCUT2D eigenvalue weighted by Gasteiger charge is -2.02. The molecular formula is C9H11NS. The van der Waals surface area contributed by atoms with Crippen molar-refractivity contribution in [3.05, 3.63) is 23.8 Å². The van der Waals surface area contributed by atoms with Crippen LogP contribution in [0.3, 0.4) is 0 Å². The summed E-state index contributed by atoms with van der Waals surface area (Å²) >= 11 is 1.96. The summed E-state index contributed by atoms with van der Waals surface area (Å²) < 4.78 is 0. The Morgan fingerprint density at radius 2 is 2.36 bits per heavy atom. The molecule has 0 atom stereocenters. The molecule has 1 aromatic carbocycles. The van der Waals surface area contributed by atoms with Gasteiger partial charge in [-0.05, 0) is 30.2 Å². The molecule has 0 saturated carbocycles. The van der Waals surface area contributed by atoms with E-state index in [2.05, 4.69) is 23.5 Å². The second kappa shape index (κ2) is 2.78. The van der Waals surface area contributed by atoms with Crippen molar-refractivity contribution in [3.8, 4) is 0 Å². The molecule has 1 aromatic rings. The van der Waals surface area contributed by atoms with Crippen molar-refractivity contribution in [1.29, 1.82) is 0 Å². The van der Waals surface area contributed by atoms with Crippen molar-refractivity contribution in [2.24, 2.45) is 0 Å². The Hall–Kier alpha value is -0.630. The molecule has 11 heavy (non-hydrogen) atoms. The van der Waals surface area contributed by atoms with Crippen molar-refractivity contribution >= 4 is 17.4 Å². The molecule has 0 aromatic heterocycles. The molecule has 0 amide bonds. The standard InChI is InChI=1S/C9H11NS/c1-10-8-2-3-9-7(6-8)4-5-11-9/h2-3,6,10H,4-5H2,1H3. The minimum absolute atomic E-state index is 1.23. The summed E-state index contributed by atoms with van der Waals surface area (Å²) in [4.78, 5) is 1.46. The maximum absolute atomic E-state index is 3.15. The molecule has 0 saturated heterocycles. The highest BCUT2D eigenvalue weighted by atomic mass is 32.2. The highest BCUT2D eigenvalue weighted by molar-refractivity contribution is 7.99. The van der Waals surface area contributed by atoms with E-state index >= 15 is 0 Å². The Kier molecular flexibility index (Phi) is 1.78. The van der Waals surface area contributed by atoms with Crippen molar-refractivity contribution in [1.82, 2.24) is 0 Å². The average molecular weight is 165 g/mol. The summed E-state index contributed by atoms with van der Waals surface area (Å²) in [5, 5.41) is 3.15. The highest BCUT2D eigenvalue weighted by Gasteiger charge is 2.10. The molecule has 2 heteroatoms. The first-order valence-corrected chi connectivity index (χ1v) is 4.82. The van der Waals surface area contributed by atoms with Gasteiger partial charge in [0, 0.05) is 23.4 Å². The van der Waals surface area contributed by atoms with E-state index in [1.54, 1.807) is 0 Å². The van der Waals surface area contributed by atoms with Crippen molar-refractivity contribution < 1.29 is 0 Å². The summed E-state index contributed by atoms with van der Waals surface area (Å²) in [6.45, 7) is 0. The average Bonchev–Trinajstić information content (AvgIpc) is 2.50. The van der Waals surface area contributed by atoms with Gasteiger partial charge >= 0.3 is 0 Å². The molecule has 1 aliphatic heterocycles. The monoisotopic (exact) mass is 165 g/mol. The molecule has 1 N–H and O–H groups in total. The Bertz CT molecular complexity index is 270. The molecule has 2 rings (SSSR count). The van der Waals surface area contributed by atoms with Gasteiger partial charge in [0.25, 0.3) is 0 Å². The SMILES string of the molecule is CNc1ccc2c(c1)CCS2. The van der Waals surface area contributed by atoms with E-state index in [1.807, 2.05) is 18.8 Å². The number of hydrogen-bond donors (Lipinski definition) is 1. The second-order valence-corrected chi connectivity index (χ2v) is 3.81. The van der Waals surface area contributed by atoms with Gasteiger partial charge in [-0.15, -0.1) is 11.8 Å². The van der Waals surface area contributed by atoms with E-state index in [4.69, 9.17) is 0 Å². The summed E-state index contributed by atoms with van der Waals surface area (Å²) in [5.74, 6) is 1.25. The van der Waals surface area contributed by atoms with Gasteiger partial charge in [0.2, 0.25) is 0 Å². The van der Waals surface area contributed by atoms with E-state index in [9.17, 15) is 0 Å². The Labute approximate surface area is 71.2 Å². The van der Waals surface area contributed by atoms with Crippen LogP contribution in [0, 0.1) is 0 Å². The number of anilines is 1. The summed E-state index contributed by atoms with van der Waals surface area (Å²) in [6.07, 6.45) is 1.23. The summed E-state index contributed by atoms with van der Waals surface area (Å²) in [5.41, 5.74) is 2.73. The normalized spacial score (nSPS) is 14.6. The zero-order valence-electron chi connectivity index (χ0n) is 6.55. The maximum atomic E-state index is 3.15. The van der Waals surface area contributed by atoms with Crippen LogP contribution in [0.4, 0.5) is 5.69 Å². The van der Waals surface area contributed by atoms with Gasteiger partial charge in [0.05, 0.1) is 0 Å². The molecule has 1 nitrogen and oxygen atoms in total. The number of hydrogen-bond acceptors (Lipinski definition) is 2. The third-order valence-electron chi connectivity index (χ3n) is 1.98. The summed E-state index contributed by atoms with van der Waals surface area (Å²) in [6, 6.07) is 6.59. The Morgan fingerprint density at radius 3 is 3.18 bits per heavy atom. The van der Waals surface area contributed by atoms with Gasteiger partial charge < -0.3 is 5.32 Å². The third kappa shape index (κ3) is 1.23. The van der Waals surface area contributed by atoms with E-state index in [0.717, 1.165) is 0 Å². The predicted octanol–water partition coefficient (Wildman–Crippen LogP) is 2.38. The lowest BCUT2D eigenvalue weighted by atomic mass is 10.1. The van der Waals surface area contributed by atoms with Crippen LogP contribution in [-0.4, -0.2) is 12.8 Å². The van der Waals surface area contributed by atoms with Crippen LogP contribution in [0.1, 0.15) is 5.56 Å². The fourth-order valence-electron chi connectivity index (χ4n) is 1.34. The van der Waals surface area contributed by atoms with Gasteiger partial charge in [-0.3, -0.25) is 0 Å². The number of thioether (sulfide) groups is 1. The minimum atomic E-state index is 1.23. The van der Waals surface area contributed by atoms with Crippen molar-refractivity contribution in [3.63, 3.8) is 0 Å². The predicted molar refractivity (Wildman–Crippen MR) is 50.4 cm³/mol. The van der Waals surface area contributed by atoms with Gasteiger partial charge in [0.15, 0.2) is 0 Å². The first-order chi connectivity index (χ1) is 5.40. The summed E-state index contributed by atoms with van der Waals surface area (Å²) in [7, 11) is 1.96. The zero-order valence-corrected chi connectivity index (χ0v) is 7.37. The van der Waals surface area contributed by atoms with Crippen LogP contribution < -0.4 is 5.32 Å². The second-order valence-electron chi connectivity index (χ2n) is 2.67. The Balaban J connectivity index is 2.41. The Morgan fingerprint density at radius 1 is 1.45 bits per heavy atom. The molecular weight excluding hydrogens is 154 g/mol. The molecule has 0 radical (unpaired) electrons. The molecule has 1 heterocycles. The van der Waals surface area contributed by atoms with Crippen LogP contribution in [0.5, 0.6) is 0 Å². The lowest BCUT2D eigenvalue weighted by Crippen LogP contribution is -1.89. The van der Waals surface area contributed by atoms with Crippen LogP contribution >= 0.6 is 11.8 Å². The number of benzene rings is 1. The highest BCUT2D eigenvalue weighted by Crippen LogP contribution is 2.32. The fourth-order valence-corrected chi connectivity index (χ4v) is 2.39. The third-order valence-corrected chi connectivity index (χ3v) is 3.10. The molecule has 0 fully saturated rings. The van der Waals surface area contributed by atoms with E-state index in [-0.39, 0.29) is 0 Å². The zero-order chi connectivity index (χ0) is 7.68. The van der Waals surface area contributed by atoms with E-state index in [0.29, 0.717) is 0 Å². The van der Waals surface area contributed by atoms with Crippen LogP contribution in [0.2, 0.25) is 0 Å². The molecule has 1 aliphatic rings. The molecule has 0 unspecified atom stereocenters. The molecule has 58 valence electrons.